The number of aromatic hydroxyl groups is 1. The molecular formula is C28H39F3O6Si. The van der Waals surface area contributed by atoms with Gasteiger partial charge in [0, 0.05) is 11.1 Å². The molecule has 0 amide bonds. The van der Waals surface area contributed by atoms with Crippen molar-refractivity contribution in [3.05, 3.63) is 53.1 Å². The van der Waals surface area contributed by atoms with Crippen molar-refractivity contribution in [1.82, 2.24) is 0 Å². The Morgan fingerprint density at radius 2 is 1.29 bits per heavy atom. The molecule has 10 heteroatoms. The Morgan fingerprint density at radius 3 is 1.66 bits per heavy atom. The van der Waals surface area contributed by atoms with Crippen LogP contribution in [0.4, 0.5) is 13.2 Å². The molecule has 0 saturated carbocycles. The minimum atomic E-state index is -4.36. The van der Waals surface area contributed by atoms with Crippen LogP contribution in [0.1, 0.15) is 71.1 Å². The third-order valence-electron chi connectivity index (χ3n) is 5.82. The van der Waals surface area contributed by atoms with Crippen LogP contribution in [0.25, 0.3) is 0 Å². The molecule has 2 rings (SSSR count). The van der Waals surface area contributed by atoms with Crippen molar-refractivity contribution in [2.45, 2.75) is 84.5 Å². The maximum absolute atomic E-state index is 13.1. The fraction of sp³-hybridized carbons (Fsp3) is 0.500. The van der Waals surface area contributed by atoms with Crippen LogP contribution in [0, 0.1) is 0 Å². The zero-order valence-corrected chi connectivity index (χ0v) is 24.3. The van der Waals surface area contributed by atoms with Gasteiger partial charge in [0.15, 0.2) is 0 Å². The molecular weight excluding hydrogens is 517 g/mol. The van der Waals surface area contributed by atoms with Crippen LogP contribution in [0.3, 0.4) is 0 Å². The second-order valence-electron chi connectivity index (χ2n) is 11.9. The normalized spacial score (nSPS) is 12.4. The maximum atomic E-state index is 13.1. The highest BCUT2D eigenvalue weighted by Gasteiger charge is 2.33. The summed E-state index contributed by atoms with van der Waals surface area (Å²) in [5, 5.41) is 27.3. The van der Waals surface area contributed by atoms with Crippen LogP contribution in [0.15, 0.2) is 36.4 Å². The van der Waals surface area contributed by atoms with E-state index in [-0.39, 0.29) is 29.4 Å². The molecule has 0 fully saturated rings. The van der Waals surface area contributed by atoms with Crippen molar-refractivity contribution >= 4 is 25.2 Å². The summed E-state index contributed by atoms with van der Waals surface area (Å²) in [6.07, 6.45) is -4.61. The zero-order chi connectivity index (χ0) is 29.7. The number of hydrogen-bond acceptors (Lipinski definition) is 4. The minimum absolute atomic E-state index is 0.275. The van der Waals surface area contributed by atoms with Gasteiger partial charge in [-0.25, -0.2) is 0 Å². The van der Waals surface area contributed by atoms with Gasteiger partial charge < -0.3 is 20.1 Å². The third kappa shape index (κ3) is 10.0. The number of alkyl halides is 3. The van der Waals surface area contributed by atoms with Gasteiger partial charge in [0.05, 0.1) is 24.6 Å². The highest BCUT2D eigenvalue weighted by Crippen LogP contribution is 2.41. The van der Waals surface area contributed by atoms with Gasteiger partial charge in [0.1, 0.15) is 19.6 Å². The molecule has 0 aliphatic carbocycles. The molecule has 3 N–H and O–H groups in total. The van der Waals surface area contributed by atoms with Crippen LogP contribution in [-0.4, -0.2) is 41.6 Å². The van der Waals surface area contributed by atoms with E-state index in [0.29, 0.717) is 17.2 Å². The van der Waals surface area contributed by atoms with Crippen molar-refractivity contribution in [1.29, 1.82) is 0 Å². The Morgan fingerprint density at radius 1 is 0.842 bits per heavy atom. The number of rotatable bonds is 7. The smallest absolute Gasteiger partial charge is 0.416 e. The highest BCUT2D eigenvalue weighted by atomic mass is 28.3. The summed E-state index contributed by atoms with van der Waals surface area (Å²) >= 11 is 0. The number of benzene rings is 2. The van der Waals surface area contributed by atoms with E-state index in [0.717, 1.165) is 17.2 Å². The third-order valence-corrected chi connectivity index (χ3v) is 8.56. The Balaban J connectivity index is 0.000000781. The monoisotopic (exact) mass is 556 g/mol. The number of carbonyl (C=O) groups is 2. The fourth-order valence-electron chi connectivity index (χ4n) is 3.51. The largest absolute Gasteiger partial charge is 0.507 e. The predicted molar refractivity (Wildman–Crippen MR) is 144 cm³/mol. The summed E-state index contributed by atoms with van der Waals surface area (Å²) in [7, 11) is -2.30. The summed E-state index contributed by atoms with van der Waals surface area (Å²) in [5.41, 5.74) is 0.400. The molecule has 0 heterocycles. The zero-order valence-electron chi connectivity index (χ0n) is 23.3. The average Bonchev–Trinajstić information content (AvgIpc) is 2.75. The number of phenolic OH excluding ortho intramolecular Hbond substituents is 1. The van der Waals surface area contributed by atoms with E-state index in [1.165, 1.54) is 12.1 Å². The molecule has 0 aromatic heterocycles. The van der Waals surface area contributed by atoms with Gasteiger partial charge in [-0.1, -0.05) is 84.1 Å². The number of halogens is 3. The number of phenols is 1. The molecule has 0 radical (unpaired) electrons. The number of carboxylic acid groups (broad SMARTS) is 2. The standard InChI is InChI=1S/C24H33F3O2Si.C4H6O4/c1-22(2,3)19-13-17(14-20(21(19)28)23(4,5)6)29-15-30(7,8)18-11-9-10-16(12-18)24(25,26)27;5-3(6)1-2-4(7)8/h9-14,28H,15H2,1-8H3;1-2H2,(H,5,6)(H,7,8). The second-order valence-corrected chi connectivity index (χ2v) is 16.5. The lowest BCUT2D eigenvalue weighted by atomic mass is 9.79. The highest BCUT2D eigenvalue weighted by molar-refractivity contribution is 6.89. The summed E-state index contributed by atoms with van der Waals surface area (Å²) in [6, 6.07) is 9.25. The lowest BCUT2D eigenvalue weighted by Crippen LogP contribution is -2.47. The predicted octanol–water partition coefficient (Wildman–Crippen LogP) is 6.48. The molecule has 212 valence electrons. The van der Waals surface area contributed by atoms with E-state index in [9.17, 15) is 27.9 Å². The molecule has 0 unspecified atom stereocenters. The van der Waals surface area contributed by atoms with Crippen LogP contribution in [0.5, 0.6) is 11.5 Å². The van der Waals surface area contributed by atoms with E-state index in [2.05, 4.69) is 0 Å². The first-order chi connectivity index (χ1) is 17.1. The van der Waals surface area contributed by atoms with Crippen molar-refractivity contribution in [3.8, 4) is 11.5 Å². The first-order valence-electron chi connectivity index (χ1n) is 12.2. The van der Waals surface area contributed by atoms with Crippen LogP contribution >= 0.6 is 0 Å². The molecule has 2 aromatic rings. The fourth-order valence-corrected chi connectivity index (χ4v) is 5.30. The minimum Gasteiger partial charge on any atom is -0.507 e. The van der Waals surface area contributed by atoms with Gasteiger partial charge >= 0.3 is 18.1 Å². The van der Waals surface area contributed by atoms with Crippen LogP contribution < -0.4 is 9.92 Å². The van der Waals surface area contributed by atoms with Crippen molar-refractivity contribution in [2.75, 3.05) is 6.23 Å². The molecule has 0 aliphatic rings. The van der Waals surface area contributed by atoms with E-state index >= 15 is 0 Å². The maximum Gasteiger partial charge on any atom is 0.416 e. The lowest BCUT2D eigenvalue weighted by molar-refractivity contribution is -0.143. The Hall–Kier alpha value is -3.01. The van der Waals surface area contributed by atoms with E-state index in [1.54, 1.807) is 6.07 Å². The molecule has 0 spiro atoms. The Kier molecular flexibility index (Phi) is 10.6. The lowest BCUT2D eigenvalue weighted by Gasteiger charge is -2.29. The van der Waals surface area contributed by atoms with Crippen LogP contribution in [0.2, 0.25) is 13.1 Å². The molecule has 0 aliphatic heterocycles. The second kappa shape index (κ2) is 12.2. The molecule has 38 heavy (non-hydrogen) atoms. The summed E-state index contributed by atoms with van der Waals surface area (Å²) in [5.74, 6) is -1.24. The van der Waals surface area contributed by atoms with Gasteiger partial charge in [0.25, 0.3) is 0 Å². The quantitative estimate of drug-likeness (QED) is 0.338. The van der Waals surface area contributed by atoms with Gasteiger partial charge in [-0.15, -0.1) is 0 Å². The molecule has 0 saturated heterocycles. The molecule has 0 bridgehead atoms. The Labute approximate surface area is 223 Å². The number of ether oxygens (including phenoxy) is 1. The average molecular weight is 557 g/mol. The van der Waals surface area contributed by atoms with Gasteiger partial charge in [-0.05, 0) is 23.0 Å². The number of hydrogen-bond donors (Lipinski definition) is 3. The number of aliphatic carboxylic acids is 2. The van der Waals surface area contributed by atoms with Gasteiger partial charge in [-0.2, -0.15) is 13.2 Å². The summed E-state index contributed by atoms with van der Waals surface area (Å²) < 4.78 is 45.5. The van der Waals surface area contributed by atoms with Crippen LogP contribution in [-0.2, 0) is 26.6 Å². The van der Waals surface area contributed by atoms with Gasteiger partial charge in [-0.3, -0.25) is 9.59 Å². The first kappa shape index (κ1) is 33.0. The SMILES string of the molecule is CC(C)(C)c1cc(OC[Si](C)(C)c2cccc(C(F)(F)F)c2)cc(C(C)(C)C)c1O.O=C(O)CCC(=O)O. The van der Waals surface area contributed by atoms with Crippen molar-refractivity contribution < 1.29 is 42.8 Å². The first-order valence-corrected chi connectivity index (χ1v) is 15.4. The molecule has 6 nitrogen and oxygen atoms in total. The number of carboxylic acids is 2. The van der Waals surface area contributed by atoms with Crippen molar-refractivity contribution in [2.24, 2.45) is 0 Å². The van der Waals surface area contributed by atoms with E-state index in [1.807, 2.05) is 66.8 Å². The van der Waals surface area contributed by atoms with E-state index < -0.39 is 31.8 Å². The Bertz CT molecular complexity index is 1080. The summed E-state index contributed by atoms with van der Waals surface area (Å²) in [4.78, 5) is 19.3. The molecule has 2 aromatic carbocycles. The van der Waals surface area contributed by atoms with E-state index in [4.69, 9.17) is 14.9 Å². The molecule has 0 atom stereocenters. The van der Waals surface area contributed by atoms with Gasteiger partial charge in [0.2, 0.25) is 0 Å². The van der Waals surface area contributed by atoms with Crippen molar-refractivity contribution in [3.63, 3.8) is 0 Å². The topological polar surface area (TPSA) is 104 Å². The summed E-state index contributed by atoms with van der Waals surface area (Å²) in [6.45, 7) is 16.2.